The van der Waals surface area contributed by atoms with Crippen LogP contribution in [-0.4, -0.2) is 52.5 Å². The fourth-order valence-electron chi connectivity index (χ4n) is 0.847. The van der Waals surface area contributed by atoms with Gasteiger partial charge in [0.15, 0.2) is 0 Å². The maximum Gasteiger partial charge on any atom is 0.213 e. The van der Waals surface area contributed by atoms with Gasteiger partial charge >= 0.3 is 0 Å². The van der Waals surface area contributed by atoms with Gasteiger partial charge in [0.25, 0.3) is 0 Å². The average molecular weight is 243 g/mol. The smallest absolute Gasteiger partial charge is 0.213 e. The zero-order chi connectivity index (χ0) is 11.4. The molecule has 0 aliphatic rings. The highest BCUT2D eigenvalue weighted by atomic mass is 32.2. The Labute approximate surface area is 86.1 Å². The van der Waals surface area contributed by atoms with Crippen molar-refractivity contribution >= 4 is 19.9 Å². The van der Waals surface area contributed by atoms with E-state index in [-0.39, 0.29) is 18.1 Å². The molecule has 0 aliphatic heterocycles. The van der Waals surface area contributed by atoms with Gasteiger partial charge in [-0.25, -0.2) is 21.1 Å². The Bertz CT molecular complexity index is 357. The molecule has 0 saturated heterocycles. The Morgan fingerprint density at radius 1 is 1.07 bits per heavy atom. The molecule has 0 saturated carbocycles. The van der Waals surface area contributed by atoms with E-state index in [0.717, 1.165) is 10.6 Å². The second kappa shape index (κ2) is 5.09. The van der Waals surface area contributed by atoms with Gasteiger partial charge in [-0.1, -0.05) is 6.92 Å². The number of sulfonamides is 1. The molecule has 0 rings (SSSR count). The van der Waals surface area contributed by atoms with Crippen LogP contribution in [0.25, 0.3) is 0 Å². The van der Waals surface area contributed by atoms with E-state index in [1.807, 2.05) is 0 Å². The molecule has 0 aliphatic carbocycles. The van der Waals surface area contributed by atoms with Crippen molar-refractivity contribution in [3.63, 3.8) is 0 Å². The minimum Gasteiger partial charge on any atom is -0.229 e. The molecular formula is C7H17NO4S2. The Morgan fingerprint density at radius 3 is 1.93 bits per heavy atom. The monoisotopic (exact) mass is 243 g/mol. The summed E-state index contributed by atoms with van der Waals surface area (Å²) in [4.78, 5) is 0. The lowest BCUT2D eigenvalue weighted by Gasteiger charge is -2.15. The highest BCUT2D eigenvalue weighted by Crippen LogP contribution is 2.00. The first kappa shape index (κ1) is 13.9. The quantitative estimate of drug-likeness (QED) is 0.642. The Hall–Kier alpha value is -0.140. The topological polar surface area (TPSA) is 71.5 Å². The number of hydrogen-bond acceptors (Lipinski definition) is 4. The van der Waals surface area contributed by atoms with Crippen LogP contribution in [0.4, 0.5) is 0 Å². The molecule has 0 amide bonds. The molecule has 5 nitrogen and oxygen atoms in total. The lowest BCUT2D eigenvalue weighted by atomic mass is 10.6. The van der Waals surface area contributed by atoms with E-state index in [1.165, 1.54) is 7.05 Å². The molecular weight excluding hydrogens is 226 g/mol. The largest absolute Gasteiger partial charge is 0.229 e. The van der Waals surface area contributed by atoms with E-state index in [4.69, 9.17) is 0 Å². The van der Waals surface area contributed by atoms with Crippen LogP contribution in [0.15, 0.2) is 0 Å². The van der Waals surface area contributed by atoms with Crippen LogP contribution in [0.2, 0.25) is 0 Å². The molecule has 0 unspecified atom stereocenters. The summed E-state index contributed by atoms with van der Waals surface area (Å²) in [7, 11) is -4.97. The van der Waals surface area contributed by atoms with E-state index in [0.29, 0.717) is 6.42 Å². The molecule has 7 heteroatoms. The standard InChI is InChI=1S/C7H17NO4S2/c1-4-6-14(11,12)8(2)5-7-13(3,9)10/h4-7H2,1-3H3. The van der Waals surface area contributed by atoms with Crippen LogP contribution in [-0.2, 0) is 19.9 Å². The summed E-state index contributed by atoms with van der Waals surface area (Å²) in [6.07, 6.45) is 1.62. The molecule has 0 heterocycles. The Morgan fingerprint density at radius 2 is 1.57 bits per heavy atom. The number of sulfone groups is 1. The van der Waals surface area contributed by atoms with E-state index < -0.39 is 19.9 Å². The van der Waals surface area contributed by atoms with Gasteiger partial charge in [0, 0.05) is 19.8 Å². The van der Waals surface area contributed by atoms with Gasteiger partial charge in [-0.15, -0.1) is 0 Å². The van der Waals surface area contributed by atoms with Crippen molar-refractivity contribution < 1.29 is 16.8 Å². The summed E-state index contributed by atoms with van der Waals surface area (Å²) in [5, 5.41) is 0. The first-order chi connectivity index (χ1) is 6.19. The van der Waals surface area contributed by atoms with Crippen molar-refractivity contribution in [1.29, 1.82) is 0 Å². The van der Waals surface area contributed by atoms with E-state index >= 15 is 0 Å². The van der Waals surface area contributed by atoms with E-state index in [9.17, 15) is 16.8 Å². The summed E-state index contributed by atoms with van der Waals surface area (Å²) < 4.78 is 45.4. The third-order valence-electron chi connectivity index (χ3n) is 1.71. The van der Waals surface area contributed by atoms with Crippen molar-refractivity contribution in [1.82, 2.24) is 4.31 Å². The van der Waals surface area contributed by atoms with Gasteiger partial charge in [-0.3, -0.25) is 0 Å². The van der Waals surface area contributed by atoms with Crippen molar-refractivity contribution in [3.8, 4) is 0 Å². The van der Waals surface area contributed by atoms with Gasteiger partial charge in [0.2, 0.25) is 10.0 Å². The van der Waals surface area contributed by atoms with Crippen LogP contribution < -0.4 is 0 Å². The predicted octanol–water partition coefficient (Wildman–Crippen LogP) is -0.297. The molecule has 0 N–H and O–H groups in total. The summed E-state index contributed by atoms with van der Waals surface area (Å²) in [5.41, 5.74) is 0. The molecule has 0 atom stereocenters. The van der Waals surface area contributed by atoms with E-state index in [1.54, 1.807) is 6.92 Å². The summed E-state index contributed by atoms with van der Waals surface area (Å²) in [6, 6.07) is 0. The molecule has 14 heavy (non-hydrogen) atoms. The average Bonchev–Trinajstić information content (AvgIpc) is 1.98. The lowest BCUT2D eigenvalue weighted by Crippen LogP contribution is -2.33. The van der Waals surface area contributed by atoms with Crippen molar-refractivity contribution in [2.45, 2.75) is 13.3 Å². The van der Waals surface area contributed by atoms with Crippen molar-refractivity contribution in [3.05, 3.63) is 0 Å². The highest BCUT2D eigenvalue weighted by Gasteiger charge is 2.17. The van der Waals surface area contributed by atoms with Gasteiger partial charge < -0.3 is 0 Å². The normalized spacial score (nSPS) is 13.4. The number of hydrogen-bond donors (Lipinski definition) is 0. The highest BCUT2D eigenvalue weighted by molar-refractivity contribution is 7.91. The second-order valence-electron chi connectivity index (χ2n) is 3.27. The Kier molecular flexibility index (Phi) is 5.03. The third kappa shape index (κ3) is 5.56. The molecule has 0 aromatic carbocycles. The minimum absolute atomic E-state index is 0.0289. The SMILES string of the molecule is CCCS(=O)(=O)N(C)CCS(C)(=O)=O. The van der Waals surface area contributed by atoms with Crippen molar-refractivity contribution in [2.75, 3.05) is 31.4 Å². The van der Waals surface area contributed by atoms with Crippen LogP contribution in [0, 0.1) is 0 Å². The molecule has 0 bridgehead atoms. The van der Waals surface area contributed by atoms with Gasteiger partial charge in [-0.2, -0.15) is 0 Å². The molecule has 86 valence electrons. The van der Waals surface area contributed by atoms with Crippen molar-refractivity contribution in [2.24, 2.45) is 0 Å². The van der Waals surface area contributed by atoms with Gasteiger partial charge in [0.1, 0.15) is 9.84 Å². The van der Waals surface area contributed by atoms with Crippen LogP contribution >= 0.6 is 0 Å². The zero-order valence-electron chi connectivity index (χ0n) is 8.73. The fraction of sp³-hybridized carbons (Fsp3) is 1.00. The zero-order valence-corrected chi connectivity index (χ0v) is 10.4. The molecule has 0 aromatic heterocycles. The Balaban J connectivity index is 4.29. The van der Waals surface area contributed by atoms with Crippen LogP contribution in [0.3, 0.4) is 0 Å². The summed E-state index contributed by atoms with van der Waals surface area (Å²) in [6.45, 7) is 1.79. The molecule has 0 spiro atoms. The first-order valence-corrected chi connectivity index (χ1v) is 7.98. The predicted molar refractivity (Wildman–Crippen MR) is 56.4 cm³/mol. The minimum atomic E-state index is -3.26. The van der Waals surface area contributed by atoms with Gasteiger partial charge in [0.05, 0.1) is 11.5 Å². The third-order valence-corrected chi connectivity index (χ3v) is 4.69. The summed E-state index contributed by atoms with van der Waals surface area (Å²) >= 11 is 0. The number of nitrogens with zero attached hydrogens (tertiary/aromatic N) is 1. The summed E-state index contributed by atoms with van der Waals surface area (Å²) in [5.74, 6) is -0.0697. The van der Waals surface area contributed by atoms with Crippen LogP contribution in [0.1, 0.15) is 13.3 Å². The molecule has 0 fully saturated rings. The lowest BCUT2D eigenvalue weighted by molar-refractivity contribution is 0.484. The fourth-order valence-corrected chi connectivity index (χ4v) is 2.77. The number of rotatable bonds is 6. The maximum atomic E-state index is 11.4. The second-order valence-corrected chi connectivity index (χ2v) is 7.72. The van der Waals surface area contributed by atoms with Gasteiger partial charge in [-0.05, 0) is 6.42 Å². The van der Waals surface area contributed by atoms with E-state index in [2.05, 4.69) is 0 Å². The first-order valence-electron chi connectivity index (χ1n) is 4.31. The molecule has 0 aromatic rings. The van der Waals surface area contributed by atoms with Crippen LogP contribution in [0.5, 0.6) is 0 Å². The maximum absolute atomic E-state index is 11.4. The molecule has 0 radical (unpaired) electrons.